The minimum atomic E-state index is -5.55. The fraction of sp³-hybridized carbons (Fsp3) is 0.643. The van der Waals surface area contributed by atoms with Crippen LogP contribution in [0.1, 0.15) is 27.0 Å². The van der Waals surface area contributed by atoms with Crippen molar-refractivity contribution in [3.8, 4) is 0 Å². The Labute approximate surface area is 192 Å². The van der Waals surface area contributed by atoms with Crippen molar-refractivity contribution in [1.82, 2.24) is 19.5 Å². The highest BCUT2D eigenvalue weighted by Crippen LogP contribution is 2.70. The molecule has 1 saturated heterocycles. The number of nitrogens with zero attached hydrogens (tertiary/aromatic N) is 4. The molecule has 34 heavy (non-hydrogen) atoms. The number of nitrogen functional groups attached to an aromatic ring is 1. The maximum absolute atomic E-state index is 12.1. The molecule has 2 aromatic heterocycles. The monoisotopic (exact) mass is 547 g/mol. The third kappa shape index (κ3) is 5.73. The van der Waals surface area contributed by atoms with Gasteiger partial charge in [-0.1, -0.05) is 0 Å². The van der Waals surface area contributed by atoms with Gasteiger partial charge in [0.05, 0.1) is 18.1 Å². The van der Waals surface area contributed by atoms with Crippen LogP contribution in [0, 0.1) is 0 Å². The molecule has 0 aliphatic carbocycles. The van der Waals surface area contributed by atoms with E-state index in [1.807, 2.05) is 0 Å². The van der Waals surface area contributed by atoms with Crippen LogP contribution in [0.5, 0.6) is 0 Å². The van der Waals surface area contributed by atoms with Crippen LogP contribution in [0.25, 0.3) is 11.2 Å². The lowest BCUT2D eigenvalue weighted by molar-refractivity contribution is -0.0503. The smallest absolute Gasteiger partial charge is 0.387 e. The molecule has 3 unspecified atom stereocenters. The number of hydrogen-bond acceptors (Lipinski definition) is 13. The van der Waals surface area contributed by atoms with Gasteiger partial charge in [0.15, 0.2) is 17.7 Å². The van der Waals surface area contributed by atoms with Crippen LogP contribution in [0.15, 0.2) is 12.7 Å². The Morgan fingerprint density at radius 2 is 1.71 bits per heavy atom. The average molecular weight is 547 g/mol. The van der Waals surface area contributed by atoms with E-state index in [4.69, 9.17) is 10.5 Å². The second-order valence-corrected chi connectivity index (χ2v) is 14.0. The highest BCUT2D eigenvalue weighted by Gasteiger charge is 2.48. The molecule has 3 rings (SSSR count). The van der Waals surface area contributed by atoms with Crippen molar-refractivity contribution >= 4 is 40.2 Å². The number of ether oxygens (including phenoxy) is 1. The topological polar surface area (TPSA) is 259 Å². The molecule has 3 heterocycles. The molecule has 1 fully saturated rings. The lowest BCUT2D eigenvalue weighted by Gasteiger charge is -2.26. The van der Waals surface area contributed by atoms with E-state index >= 15 is 0 Å². The van der Waals surface area contributed by atoms with E-state index in [-0.39, 0.29) is 17.0 Å². The Morgan fingerprint density at radius 1 is 1.06 bits per heavy atom. The summed E-state index contributed by atoms with van der Waals surface area (Å²) in [6.45, 7) is 2.79. The number of aliphatic hydroxyl groups is 2. The lowest BCUT2D eigenvalue weighted by Crippen LogP contribution is -2.33. The summed E-state index contributed by atoms with van der Waals surface area (Å²) in [4.78, 5) is 40.9. The molecule has 7 atom stereocenters. The summed E-state index contributed by atoms with van der Waals surface area (Å²) < 4.78 is 55.7. The summed E-state index contributed by atoms with van der Waals surface area (Å²) >= 11 is 0. The molecular formula is C14H24N5O12P3. The van der Waals surface area contributed by atoms with Gasteiger partial charge in [-0.2, -0.15) is 4.31 Å². The first kappa shape index (κ1) is 27.3. The van der Waals surface area contributed by atoms with Crippen molar-refractivity contribution in [3.63, 3.8) is 0 Å². The van der Waals surface area contributed by atoms with Crippen LogP contribution >= 0.6 is 23.2 Å². The van der Waals surface area contributed by atoms with Gasteiger partial charge in [0.2, 0.25) is 0 Å². The number of phosphoric acid groups is 2. The molecule has 20 heteroatoms. The van der Waals surface area contributed by atoms with Crippen molar-refractivity contribution in [2.24, 2.45) is 0 Å². The highest BCUT2D eigenvalue weighted by molar-refractivity contribution is 7.68. The molecule has 0 saturated carbocycles. The second kappa shape index (κ2) is 9.28. The van der Waals surface area contributed by atoms with Gasteiger partial charge >= 0.3 is 23.2 Å². The van der Waals surface area contributed by atoms with Gasteiger partial charge in [0.25, 0.3) is 0 Å². The molecule has 0 bridgehead atoms. The number of hydrogen-bond donors (Lipinski definition) is 6. The Kier molecular flexibility index (Phi) is 7.44. The van der Waals surface area contributed by atoms with Crippen LogP contribution < -0.4 is 5.73 Å². The Morgan fingerprint density at radius 3 is 2.32 bits per heavy atom. The first-order chi connectivity index (χ1) is 15.4. The summed E-state index contributed by atoms with van der Waals surface area (Å²) in [5.74, 6) is 0.0598. The van der Waals surface area contributed by atoms with E-state index in [0.717, 1.165) is 6.33 Å². The van der Waals surface area contributed by atoms with Crippen molar-refractivity contribution in [3.05, 3.63) is 12.7 Å². The van der Waals surface area contributed by atoms with Gasteiger partial charge in [-0.05, 0) is 20.8 Å². The molecule has 0 radical (unpaired) electrons. The first-order valence-corrected chi connectivity index (χ1v) is 14.0. The quantitative estimate of drug-likeness (QED) is 0.242. The number of anilines is 1. The van der Waals surface area contributed by atoms with Crippen LogP contribution in [0.3, 0.4) is 0 Å². The molecule has 7 N–H and O–H groups in total. The van der Waals surface area contributed by atoms with E-state index in [1.165, 1.54) is 31.7 Å². The largest absolute Gasteiger partial charge is 0.488 e. The fourth-order valence-electron chi connectivity index (χ4n) is 2.75. The molecule has 192 valence electrons. The zero-order valence-electron chi connectivity index (χ0n) is 18.0. The third-order valence-electron chi connectivity index (χ3n) is 4.67. The maximum Gasteiger partial charge on any atom is 0.488 e. The van der Waals surface area contributed by atoms with Crippen molar-refractivity contribution in [1.29, 1.82) is 0 Å². The minimum Gasteiger partial charge on any atom is -0.387 e. The Balaban J connectivity index is 1.68. The SMILES string of the molecule is CC(C)(C)P(=O)(O)OP(=O)(O)OP(=O)(O)OC[C@H]1O[C@@H](n2cnc3c(N)ncnc32)[C@H](O)[C@@H]1O. The van der Waals surface area contributed by atoms with Crippen molar-refractivity contribution < 1.29 is 56.5 Å². The number of rotatable bonds is 8. The normalized spacial score (nSPS) is 28.9. The second-order valence-electron chi connectivity index (χ2n) is 8.22. The third-order valence-corrected chi connectivity index (χ3v) is 10.2. The van der Waals surface area contributed by atoms with Crippen molar-refractivity contribution in [2.45, 2.75) is 50.5 Å². The summed E-state index contributed by atoms with van der Waals surface area (Å²) in [6.07, 6.45) is -3.52. The minimum absolute atomic E-state index is 0.0598. The maximum atomic E-state index is 12.1. The summed E-state index contributed by atoms with van der Waals surface area (Å²) in [7, 11) is -15.7. The van der Waals surface area contributed by atoms with Crippen molar-refractivity contribution in [2.75, 3.05) is 12.3 Å². The molecular weight excluding hydrogens is 523 g/mol. The van der Waals surface area contributed by atoms with E-state index in [9.17, 15) is 38.6 Å². The summed E-state index contributed by atoms with van der Waals surface area (Å²) in [5.41, 5.74) is 6.08. The number of aliphatic hydroxyl groups excluding tert-OH is 2. The number of imidazole rings is 1. The zero-order chi connectivity index (χ0) is 25.7. The molecule has 17 nitrogen and oxygen atoms in total. The van der Waals surface area contributed by atoms with Gasteiger partial charge < -0.3 is 35.4 Å². The fourth-order valence-corrected chi connectivity index (χ4v) is 6.81. The molecule has 0 amide bonds. The summed E-state index contributed by atoms with van der Waals surface area (Å²) in [5, 5.41) is 19.1. The van der Waals surface area contributed by atoms with Gasteiger partial charge in [0, 0.05) is 0 Å². The van der Waals surface area contributed by atoms with Crippen LogP contribution in [-0.4, -0.2) is 74.5 Å². The van der Waals surface area contributed by atoms with E-state index in [2.05, 4.69) is 28.1 Å². The van der Waals surface area contributed by atoms with Crippen LogP contribution in [0.2, 0.25) is 0 Å². The first-order valence-electron chi connectivity index (χ1n) is 9.44. The Bertz CT molecular complexity index is 1200. The molecule has 0 spiro atoms. The van der Waals surface area contributed by atoms with E-state index in [1.54, 1.807) is 0 Å². The van der Waals surface area contributed by atoms with E-state index in [0.29, 0.717) is 0 Å². The lowest BCUT2D eigenvalue weighted by atomic mass is 10.1. The van der Waals surface area contributed by atoms with Gasteiger partial charge in [-0.3, -0.25) is 13.7 Å². The zero-order valence-corrected chi connectivity index (χ0v) is 20.7. The standard InChI is InChI=1S/C14H24N5O12P3/c1-14(2,3)32(22,23)30-34(26,27)31-33(24,25)28-4-7-9(20)10(21)13(29-7)19-6-18-8-11(15)16-5-17-12(8)19/h5-7,9-10,13,20-21H,4H2,1-3H3,(H,22,23)(H,24,25)(H,26,27)(H2,15,16,17)/t7-,9-,10-,13-/m1/s1. The average Bonchev–Trinajstić information content (AvgIpc) is 3.20. The molecule has 0 aromatic carbocycles. The highest BCUT2D eigenvalue weighted by atomic mass is 31.3. The molecule has 1 aliphatic heterocycles. The Hall–Kier alpha value is -1.32. The van der Waals surface area contributed by atoms with Gasteiger partial charge in [-0.15, -0.1) is 0 Å². The molecule has 2 aromatic rings. The predicted molar refractivity (Wildman–Crippen MR) is 113 cm³/mol. The van der Waals surface area contributed by atoms with Crippen LogP contribution in [0.4, 0.5) is 5.82 Å². The molecule has 1 aliphatic rings. The van der Waals surface area contributed by atoms with Gasteiger partial charge in [0.1, 0.15) is 30.2 Å². The summed E-state index contributed by atoms with van der Waals surface area (Å²) in [6, 6.07) is 0. The van der Waals surface area contributed by atoms with Crippen LogP contribution in [-0.2, 0) is 31.6 Å². The predicted octanol–water partition coefficient (Wildman–Crippen LogP) is 0.262. The van der Waals surface area contributed by atoms with E-state index < -0.39 is 59.5 Å². The number of aromatic nitrogens is 4. The van der Waals surface area contributed by atoms with Gasteiger partial charge in [-0.25, -0.2) is 28.4 Å². The number of fused-ring (bicyclic) bond motifs is 1. The number of phosphoric ester groups is 1. The number of nitrogens with two attached hydrogens (primary N) is 1.